The van der Waals surface area contributed by atoms with Crippen LogP contribution in [-0.2, 0) is 28.6 Å². The molecule has 2 aliphatic heterocycles. The van der Waals surface area contributed by atoms with Crippen molar-refractivity contribution in [1.29, 1.82) is 0 Å². The van der Waals surface area contributed by atoms with Crippen molar-refractivity contribution in [2.75, 3.05) is 6.61 Å². The molecule has 32 heavy (non-hydrogen) atoms. The van der Waals surface area contributed by atoms with Crippen LogP contribution in [0.3, 0.4) is 0 Å². The van der Waals surface area contributed by atoms with Crippen LogP contribution in [0.5, 0.6) is 0 Å². The van der Waals surface area contributed by atoms with Crippen molar-refractivity contribution >= 4 is 23.4 Å². The first kappa shape index (κ1) is 20.3. The van der Waals surface area contributed by atoms with Gasteiger partial charge >= 0.3 is 5.97 Å². The molecule has 6 rings (SSSR count). The normalized spacial score (nSPS) is 49.4. The van der Waals surface area contributed by atoms with Gasteiger partial charge in [-0.05, 0) is 56.6 Å². The Morgan fingerprint density at radius 2 is 2.03 bits per heavy atom. The molecule has 2 heterocycles. The van der Waals surface area contributed by atoms with Crippen LogP contribution >= 0.6 is 0 Å². The van der Waals surface area contributed by atoms with Crippen LogP contribution in [0, 0.1) is 22.7 Å². The molecule has 0 aromatic heterocycles. The number of nitrogens with zero attached hydrogens (tertiary/aromatic N) is 1. The molecule has 0 bridgehead atoms. The van der Waals surface area contributed by atoms with Gasteiger partial charge in [0.25, 0.3) is 0 Å². The molecule has 0 amide bonds. The number of carbonyl (C=O) groups excluding carboxylic acids is 3. The van der Waals surface area contributed by atoms with E-state index >= 15 is 0 Å². The fraction of sp³-hybridized carbons (Fsp3) is 0.680. The lowest BCUT2D eigenvalue weighted by atomic mass is 9.46. The van der Waals surface area contributed by atoms with Crippen molar-refractivity contribution in [2.24, 2.45) is 27.7 Å². The van der Waals surface area contributed by atoms with Crippen molar-refractivity contribution in [3.05, 3.63) is 23.8 Å². The number of ketones is 2. The lowest BCUT2D eigenvalue weighted by molar-refractivity contribution is -0.150. The molecular weight excluding hydrogens is 410 g/mol. The van der Waals surface area contributed by atoms with E-state index in [9.17, 15) is 14.4 Å². The van der Waals surface area contributed by atoms with E-state index in [1.54, 1.807) is 19.1 Å². The SMILES string of the molecule is CC(=O)OCC(=O)[C@@]12N=C(C)O[C@@H]1C[C@H]1[C@@H]3CCC4=CC(=O)C=C[C@]4(C)[C@@]34O[C@H]4C[C@@]12C. The third-order valence-corrected chi connectivity index (χ3v) is 9.61. The monoisotopic (exact) mass is 439 g/mol. The number of esters is 1. The van der Waals surface area contributed by atoms with Gasteiger partial charge in [-0.25, -0.2) is 4.99 Å². The maximum atomic E-state index is 13.6. The van der Waals surface area contributed by atoms with Crippen LogP contribution in [-0.4, -0.2) is 53.4 Å². The minimum Gasteiger partial charge on any atom is -0.475 e. The quantitative estimate of drug-likeness (QED) is 0.496. The lowest BCUT2D eigenvalue weighted by Gasteiger charge is -2.55. The Hall–Kier alpha value is -2.28. The molecule has 7 heteroatoms. The van der Waals surface area contributed by atoms with Gasteiger partial charge in [-0.3, -0.25) is 14.4 Å². The highest BCUT2D eigenvalue weighted by Gasteiger charge is 2.83. The minimum atomic E-state index is -1.05. The van der Waals surface area contributed by atoms with Gasteiger partial charge in [-0.1, -0.05) is 18.6 Å². The number of Topliss-reactive ketones (excluding diaryl/α,β-unsaturated/α-hetero) is 1. The van der Waals surface area contributed by atoms with Crippen LogP contribution in [0.15, 0.2) is 28.8 Å². The van der Waals surface area contributed by atoms with E-state index in [0.717, 1.165) is 24.8 Å². The van der Waals surface area contributed by atoms with Gasteiger partial charge in [0.2, 0.25) is 5.78 Å². The molecule has 4 aliphatic carbocycles. The molecule has 6 aliphatic rings. The summed E-state index contributed by atoms with van der Waals surface area (Å²) in [5, 5.41) is 0. The van der Waals surface area contributed by atoms with E-state index in [2.05, 4.69) is 19.9 Å². The maximum absolute atomic E-state index is 13.6. The minimum absolute atomic E-state index is 0.00596. The molecule has 7 nitrogen and oxygen atoms in total. The highest BCUT2D eigenvalue weighted by atomic mass is 16.6. The largest absolute Gasteiger partial charge is 0.475 e. The number of rotatable bonds is 3. The number of allylic oxidation sites excluding steroid dienone is 2. The first-order valence-corrected chi connectivity index (χ1v) is 11.6. The topological polar surface area (TPSA) is 94.6 Å². The van der Waals surface area contributed by atoms with Crippen molar-refractivity contribution in [2.45, 2.75) is 76.7 Å². The summed E-state index contributed by atoms with van der Waals surface area (Å²) in [5.74, 6) is 0.348. The Morgan fingerprint density at radius 3 is 2.78 bits per heavy atom. The summed E-state index contributed by atoms with van der Waals surface area (Å²) < 4.78 is 17.8. The first-order chi connectivity index (χ1) is 15.1. The number of ether oxygens (including phenoxy) is 3. The molecule has 1 spiro atoms. The molecule has 3 saturated carbocycles. The summed E-state index contributed by atoms with van der Waals surface area (Å²) in [6.07, 6.45) is 8.36. The van der Waals surface area contributed by atoms with Gasteiger partial charge in [-0.2, -0.15) is 0 Å². The molecule has 0 aromatic rings. The molecule has 1 saturated heterocycles. The summed E-state index contributed by atoms with van der Waals surface area (Å²) in [5.41, 5.74) is -0.979. The highest BCUT2D eigenvalue weighted by molar-refractivity contribution is 6.01. The van der Waals surface area contributed by atoms with Gasteiger partial charge < -0.3 is 14.2 Å². The van der Waals surface area contributed by atoms with Crippen molar-refractivity contribution in [1.82, 2.24) is 0 Å². The summed E-state index contributed by atoms with van der Waals surface area (Å²) >= 11 is 0. The summed E-state index contributed by atoms with van der Waals surface area (Å²) in [6.45, 7) is 7.18. The van der Waals surface area contributed by atoms with Gasteiger partial charge in [0.1, 0.15) is 11.7 Å². The second kappa shape index (κ2) is 5.99. The fourth-order valence-corrected chi connectivity index (χ4v) is 8.29. The van der Waals surface area contributed by atoms with Gasteiger partial charge in [0.15, 0.2) is 23.8 Å². The number of hydrogen-bond acceptors (Lipinski definition) is 7. The Bertz CT molecular complexity index is 1060. The standard InChI is InChI=1S/C25H29NO6/c1-13-26-24(19(29)12-30-14(2)27)20(31-13)10-18-17-6-5-15-9-16(28)7-8-22(15,3)25(17)21(32-25)11-23(18,24)4/h7-9,17-18,20-21H,5-6,10-12H2,1-4H3/t17-,18-,20+,21-,22-,23-,24+,25+/m0/s1. The van der Waals surface area contributed by atoms with Crippen LogP contribution in [0.2, 0.25) is 0 Å². The molecular formula is C25H29NO6. The molecule has 170 valence electrons. The van der Waals surface area contributed by atoms with Crippen LogP contribution < -0.4 is 0 Å². The van der Waals surface area contributed by atoms with Crippen molar-refractivity contribution in [3.63, 3.8) is 0 Å². The number of aliphatic imine (C=N–C) groups is 1. The highest BCUT2D eigenvalue weighted by Crippen LogP contribution is 2.76. The predicted molar refractivity (Wildman–Crippen MR) is 114 cm³/mol. The summed E-state index contributed by atoms with van der Waals surface area (Å²) in [4.78, 5) is 41.9. The Kier molecular flexibility index (Phi) is 3.80. The van der Waals surface area contributed by atoms with Crippen LogP contribution in [0.4, 0.5) is 0 Å². The van der Waals surface area contributed by atoms with Gasteiger partial charge in [-0.15, -0.1) is 0 Å². The maximum Gasteiger partial charge on any atom is 0.303 e. The van der Waals surface area contributed by atoms with Crippen molar-refractivity contribution in [3.8, 4) is 0 Å². The number of hydrogen-bond donors (Lipinski definition) is 0. The Balaban J connectivity index is 1.42. The number of carbonyl (C=O) groups is 3. The smallest absolute Gasteiger partial charge is 0.303 e. The molecule has 0 radical (unpaired) electrons. The number of epoxide rings is 1. The van der Waals surface area contributed by atoms with E-state index in [-0.39, 0.29) is 53.2 Å². The predicted octanol–water partition coefficient (Wildman–Crippen LogP) is 2.72. The first-order valence-electron chi connectivity index (χ1n) is 11.6. The summed E-state index contributed by atoms with van der Waals surface area (Å²) in [6, 6.07) is 0. The third-order valence-electron chi connectivity index (χ3n) is 9.61. The van der Waals surface area contributed by atoms with E-state index in [0.29, 0.717) is 12.3 Å². The average Bonchev–Trinajstić information content (AvgIpc) is 3.26. The fourth-order valence-electron chi connectivity index (χ4n) is 8.29. The van der Waals surface area contributed by atoms with E-state index in [4.69, 9.17) is 19.2 Å². The zero-order valence-corrected chi connectivity index (χ0v) is 19.0. The van der Waals surface area contributed by atoms with Gasteiger partial charge in [0.05, 0.1) is 6.10 Å². The van der Waals surface area contributed by atoms with Crippen LogP contribution in [0.1, 0.15) is 53.4 Å². The Labute approximate surface area is 187 Å². The van der Waals surface area contributed by atoms with Crippen LogP contribution in [0.25, 0.3) is 0 Å². The Morgan fingerprint density at radius 1 is 1.25 bits per heavy atom. The average molecular weight is 440 g/mol. The molecule has 8 atom stereocenters. The van der Waals surface area contributed by atoms with E-state index in [1.807, 2.05) is 0 Å². The zero-order chi connectivity index (χ0) is 22.7. The molecule has 0 aromatic carbocycles. The summed E-state index contributed by atoms with van der Waals surface area (Å²) in [7, 11) is 0. The third kappa shape index (κ3) is 2.12. The van der Waals surface area contributed by atoms with E-state index in [1.165, 1.54) is 6.92 Å². The van der Waals surface area contributed by atoms with Crippen molar-refractivity contribution < 1.29 is 28.6 Å². The molecule has 0 N–H and O–H groups in total. The molecule has 4 fully saturated rings. The zero-order valence-electron chi connectivity index (χ0n) is 19.0. The lowest BCUT2D eigenvalue weighted by Crippen LogP contribution is -2.62. The second-order valence-electron chi connectivity index (χ2n) is 10.8. The second-order valence-corrected chi connectivity index (χ2v) is 10.8. The number of fused-ring (bicyclic) bond motifs is 5. The van der Waals surface area contributed by atoms with E-state index < -0.39 is 16.9 Å². The molecule has 0 unspecified atom stereocenters. The van der Waals surface area contributed by atoms with Gasteiger partial charge in [0, 0.05) is 24.7 Å².